The molecule has 128 valence electrons. The lowest BCUT2D eigenvalue weighted by Gasteiger charge is -2.22. The highest BCUT2D eigenvalue weighted by molar-refractivity contribution is 6.11. The largest absolute Gasteiger partial charge is 0.325 e. The number of rotatable bonds is 4. The van der Waals surface area contributed by atoms with Crippen LogP contribution in [0.3, 0.4) is 0 Å². The summed E-state index contributed by atoms with van der Waals surface area (Å²) < 4.78 is 0. The maximum absolute atomic E-state index is 12.8. The highest BCUT2D eigenvalue weighted by Gasteiger charge is 2.49. The zero-order valence-electron chi connectivity index (χ0n) is 14.5. The Labute approximate surface area is 146 Å². The Morgan fingerprint density at radius 2 is 1.72 bits per heavy atom. The van der Waals surface area contributed by atoms with E-state index in [1.165, 1.54) is 0 Å². The molecule has 5 nitrogen and oxygen atoms in total. The van der Waals surface area contributed by atoms with Crippen molar-refractivity contribution >= 4 is 17.7 Å². The van der Waals surface area contributed by atoms with E-state index >= 15 is 0 Å². The lowest BCUT2D eigenvalue weighted by molar-refractivity contribution is -0.130. The molecule has 0 bridgehead atoms. The van der Waals surface area contributed by atoms with Gasteiger partial charge in [0, 0.05) is 5.56 Å². The summed E-state index contributed by atoms with van der Waals surface area (Å²) in [6.07, 6.45) is 0. The molecule has 0 aromatic heterocycles. The van der Waals surface area contributed by atoms with Gasteiger partial charge in [0.1, 0.15) is 5.54 Å². The number of amides is 3. The van der Waals surface area contributed by atoms with Crippen molar-refractivity contribution in [2.75, 3.05) is 6.54 Å². The maximum Gasteiger partial charge on any atom is 0.325 e. The standard InChI is InChI=1S/C20H20N2O3/c1-13-9-10-15(11-14(13)2)17(23)12-22-18(24)20(3,21-19(22)25)16-7-5-4-6-8-16/h4-11H,12H2,1-3H3,(H,21,25). The van der Waals surface area contributed by atoms with Crippen LogP contribution in [-0.2, 0) is 10.3 Å². The third-order valence-electron chi connectivity index (χ3n) is 4.76. The predicted molar refractivity (Wildman–Crippen MR) is 94.3 cm³/mol. The van der Waals surface area contributed by atoms with Crippen LogP contribution < -0.4 is 5.32 Å². The molecule has 2 aromatic carbocycles. The molecule has 25 heavy (non-hydrogen) atoms. The number of aryl methyl sites for hydroxylation is 2. The van der Waals surface area contributed by atoms with Crippen LogP contribution in [0.25, 0.3) is 0 Å². The van der Waals surface area contributed by atoms with Crippen molar-refractivity contribution in [3.63, 3.8) is 0 Å². The van der Waals surface area contributed by atoms with Crippen molar-refractivity contribution in [3.8, 4) is 0 Å². The second-order valence-electron chi connectivity index (χ2n) is 6.53. The van der Waals surface area contributed by atoms with Crippen molar-refractivity contribution in [2.24, 2.45) is 0 Å². The molecule has 0 saturated carbocycles. The average molecular weight is 336 g/mol. The van der Waals surface area contributed by atoms with Crippen molar-refractivity contribution in [3.05, 3.63) is 70.8 Å². The van der Waals surface area contributed by atoms with Gasteiger partial charge >= 0.3 is 6.03 Å². The number of ketones is 1. The summed E-state index contributed by atoms with van der Waals surface area (Å²) in [7, 11) is 0. The van der Waals surface area contributed by atoms with Crippen LogP contribution in [0.2, 0.25) is 0 Å². The van der Waals surface area contributed by atoms with Gasteiger partial charge in [-0.1, -0.05) is 42.5 Å². The molecule has 0 radical (unpaired) electrons. The number of Topliss-reactive ketones (excluding diaryl/α,β-unsaturated/α-hetero) is 1. The van der Waals surface area contributed by atoms with E-state index in [4.69, 9.17) is 0 Å². The van der Waals surface area contributed by atoms with Crippen LogP contribution in [0, 0.1) is 13.8 Å². The topological polar surface area (TPSA) is 66.5 Å². The molecule has 0 spiro atoms. The summed E-state index contributed by atoms with van der Waals surface area (Å²) in [6.45, 7) is 5.28. The van der Waals surface area contributed by atoms with Gasteiger partial charge in [-0.05, 0) is 43.5 Å². The van der Waals surface area contributed by atoms with E-state index in [-0.39, 0.29) is 12.3 Å². The molecule has 1 fully saturated rings. The van der Waals surface area contributed by atoms with Crippen LogP contribution in [0.15, 0.2) is 48.5 Å². The van der Waals surface area contributed by atoms with Gasteiger partial charge in [-0.3, -0.25) is 14.5 Å². The van der Waals surface area contributed by atoms with Crippen LogP contribution in [-0.4, -0.2) is 29.2 Å². The second-order valence-corrected chi connectivity index (χ2v) is 6.53. The molecule has 1 unspecified atom stereocenters. The fourth-order valence-corrected chi connectivity index (χ4v) is 2.96. The van der Waals surface area contributed by atoms with Crippen molar-refractivity contribution in [1.29, 1.82) is 0 Å². The molecule has 1 aliphatic rings. The zero-order chi connectivity index (χ0) is 18.2. The molecule has 1 N–H and O–H groups in total. The highest BCUT2D eigenvalue weighted by atomic mass is 16.2. The minimum atomic E-state index is -1.15. The van der Waals surface area contributed by atoms with Gasteiger partial charge in [-0.15, -0.1) is 0 Å². The van der Waals surface area contributed by atoms with Crippen LogP contribution in [0.5, 0.6) is 0 Å². The summed E-state index contributed by atoms with van der Waals surface area (Å²) >= 11 is 0. The summed E-state index contributed by atoms with van der Waals surface area (Å²) in [6, 6.07) is 13.9. The van der Waals surface area contributed by atoms with Gasteiger partial charge < -0.3 is 5.32 Å². The van der Waals surface area contributed by atoms with E-state index in [2.05, 4.69) is 5.32 Å². The first-order valence-corrected chi connectivity index (χ1v) is 8.13. The molecular weight excluding hydrogens is 316 g/mol. The Morgan fingerprint density at radius 1 is 1.04 bits per heavy atom. The lowest BCUT2D eigenvalue weighted by atomic mass is 9.92. The van der Waals surface area contributed by atoms with Gasteiger partial charge in [0.25, 0.3) is 5.91 Å². The number of imide groups is 1. The smallest absolute Gasteiger partial charge is 0.319 e. The first-order valence-electron chi connectivity index (χ1n) is 8.13. The van der Waals surface area contributed by atoms with Crippen molar-refractivity contribution < 1.29 is 14.4 Å². The number of carbonyl (C=O) groups is 3. The number of hydrogen-bond acceptors (Lipinski definition) is 3. The summed E-state index contributed by atoms with van der Waals surface area (Å²) in [5.41, 5.74) is 2.12. The Morgan fingerprint density at radius 3 is 2.36 bits per heavy atom. The summed E-state index contributed by atoms with van der Waals surface area (Å²) in [4.78, 5) is 38.6. The molecule has 5 heteroatoms. The molecule has 0 aliphatic carbocycles. The second kappa shape index (κ2) is 6.16. The molecule has 3 amide bonds. The van der Waals surface area contributed by atoms with Gasteiger partial charge in [0.15, 0.2) is 5.78 Å². The molecule has 1 aliphatic heterocycles. The van der Waals surface area contributed by atoms with Crippen molar-refractivity contribution in [2.45, 2.75) is 26.3 Å². The normalized spacial score (nSPS) is 19.9. The minimum Gasteiger partial charge on any atom is -0.319 e. The molecule has 1 atom stereocenters. The number of nitrogens with one attached hydrogen (secondary N) is 1. The number of benzene rings is 2. The quantitative estimate of drug-likeness (QED) is 0.689. The lowest BCUT2D eigenvalue weighted by Crippen LogP contribution is -2.41. The van der Waals surface area contributed by atoms with E-state index in [0.29, 0.717) is 11.1 Å². The Kier molecular flexibility index (Phi) is 4.17. The molecule has 1 saturated heterocycles. The number of nitrogens with zero attached hydrogens (tertiary/aromatic N) is 1. The molecule has 2 aromatic rings. The monoisotopic (exact) mass is 336 g/mol. The predicted octanol–water partition coefficient (Wildman–Crippen LogP) is 2.95. The Bertz CT molecular complexity index is 860. The Balaban J connectivity index is 1.83. The highest BCUT2D eigenvalue weighted by Crippen LogP contribution is 2.28. The third-order valence-corrected chi connectivity index (χ3v) is 4.76. The van der Waals surface area contributed by atoms with Crippen LogP contribution in [0.1, 0.15) is 34.0 Å². The van der Waals surface area contributed by atoms with Crippen LogP contribution >= 0.6 is 0 Å². The number of carbonyl (C=O) groups excluding carboxylic acids is 3. The molecule has 3 rings (SSSR count). The van der Waals surface area contributed by atoms with Crippen molar-refractivity contribution in [1.82, 2.24) is 10.2 Å². The van der Waals surface area contributed by atoms with Gasteiger partial charge in [0.05, 0.1) is 6.54 Å². The maximum atomic E-state index is 12.8. The fraction of sp³-hybridized carbons (Fsp3) is 0.250. The first-order chi connectivity index (χ1) is 11.8. The van der Waals surface area contributed by atoms with E-state index in [1.807, 2.05) is 38.1 Å². The average Bonchev–Trinajstić information content (AvgIpc) is 2.82. The fourth-order valence-electron chi connectivity index (χ4n) is 2.96. The summed E-state index contributed by atoms with van der Waals surface area (Å²) in [5.74, 6) is -0.676. The Hall–Kier alpha value is -2.95. The van der Waals surface area contributed by atoms with Gasteiger partial charge in [0.2, 0.25) is 0 Å². The van der Waals surface area contributed by atoms with E-state index < -0.39 is 17.5 Å². The van der Waals surface area contributed by atoms with Gasteiger partial charge in [-0.2, -0.15) is 0 Å². The number of hydrogen-bond donors (Lipinski definition) is 1. The molecule has 1 heterocycles. The van der Waals surface area contributed by atoms with Gasteiger partial charge in [-0.25, -0.2) is 4.79 Å². The minimum absolute atomic E-state index is 0.260. The third kappa shape index (κ3) is 2.93. The first kappa shape index (κ1) is 16.9. The molecular formula is C20H20N2O3. The van der Waals surface area contributed by atoms with Crippen LogP contribution in [0.4, 0.5) is 4.79 Å². The SMILES string of the molecule is Cc1ccc(C(=O)CN2C(=O)NC(C)(c3ccccc3)C2=O)cc1C. The van der Waals surface area contributed by atoms with E-state index in [0.717, 1.165) is 16.0 Å². The van der Waals surface area contributed by atoms with E-state index in [1.54, 1.807) is 31.2 Å². The summed E-state index contributed by atoms with van der Waals surface area (Å²) in [5, 5.41) is 2.71. The number of urea groups is 1. The van der Waals surface area contributed by atoms with E-state index in [9.17, 15) is 14.4 Å². The zero-order valence-corrected chi connectivity index (χ0v) is 14.5.